The fraction of sp³-hybridized carbons (Fsp3) is 0.667. The molecule has 0 amide bonds. The molecule has 66 valence electrons. The first-order chi connectivity index (χ1) is 5.88. The molecule has 1 saturated heterocycles. The molecule has 0 radical (unpaired) electrons. The molecule has 1 aromatic heterocycles. The molecule has 1 aliphatic heterocycles. The Labute approximate surface area is 72.2 Å². The van der Waals surface area contributed by atoms with Crippen LogP contribution in [0.3, 0.4) is 0 Å². The summed E-state index contributed by atoms with van der Waals surface area (Å²) >= 11 is 0. The van der Waals surface area contributed by atoms with Crippen molar-refractivity contribution in [3.8, 4) is 0 Å². The van der Waals surface area contributed by atoms with E-state index in [0.29, 0.717) is 0 Å². The van der Waals surface area contributed by atoms with Crippen LogP contribution in [0.1, 0.15) is 18.5 Å². The molecular weight excluding hydrogens is 152 g/mol. The van der Waals surface area contributed by atoms with E-state index in [9.17, 15) is 0 Å². The Morgan fingerprint density at radius 3 is 3.00 bits per heavy atom. The second-order valence-corrected chi connectivity index (χ2v) is 3.31. The predicted molar refractivity (Wildman–Crippen MR) is 45.9 cm³/mol. The zero-order valence-electron chi connectivity index (χ0n) is 7.34. The lowest BCUT2D eigenvalue weighted by Gasteiger charge is -2.25. The molecule has 3 heteroatoms. The molecule has 2 rings (SSSR count). The molecule has 0 bridgehead atoms. The van der Waals surface area contributed by atoms with Crippen molar-refractivity contribution in [2.45, 2.75) is 19.8 Å². The summed E-state index contributed by atoms with van der Waals surface area (Å²) in [5.74, 6) is 1.65. The van der Waals surface area contributed by atoms with E-state index in [2.05, 4.69) is 17.2 Å². The highest BCUT2D eigenvalue weighted by Gasteiger charge is 2.19. The first-order valence-electron chi connectivity index (χ1n) is 4.52. The molecule has 0 saturated carbocycles. The first-order valence-corrected chi connectivity index (χ1v) is 4.52. The van der Waals surface area contributed by atoms with Crippen molar-refractivity contribution in [3.05, 3.63) is 17.8 Å². The Morgan fingerprint density at radius 2 is 2.50 bits per heavy atom. The molecule has 0 aliphatic carbocycles. The highest BCUT2D eigenvalue weighted by atomic mass is 16.3. The van der Waals surface area contributed by atoms with Gasteiger partial charge in [-0.05, 0) is 25.4 Å². The van der Waals surface area contributed by atoms with Crippen LogP contribution in [-0.2, 0) is 12.8 Å². The number of oxazole rings is 1. The quantitative estimate of drug-likeness (QED) is 0.728. The van der Waals surface area contributed by atoms with E-state index < -0.39 is 0 Å². The summed E-state index contributed by atoms with van der Waals surface area (Å²) in [6.45, 7) is 4.32. The zero-order valence-corrected chi connectivity index (χ0v) is 7.34. The van der Waals surface area contributed by atoms with E-state index >= 15 is 0 Å². The van der Waals surface area contributed by atoms with Gasteiger partial charge in [0.25, 0.3) is 0 Å². The van der Waals surface area contributed by atoms with Crippen molar-refractivity contribution in [1.29, 1.82) is 0 Å². The average Bonchev–Trinajstić information content (AvgIpc) is 2.44. The van der Waals surface area contributed by atoms with Crippen LogP contribution in [0.25, 0.3) is 0 Å². The molecule has 0 aromatic carbocycles. The van der Waals surface area contributed by atoms with E-state index in [1.54, 1.807) is 6.26 Å². The van der Waals surface area contributed by atoms with Gasteiger partial charge in [0.2, 0.25) is 0 Å². The van der Waals surface area contributed by atoms with Gasteiger partial charge in [0.05, 0.1) is 5.69 Å². The molecule has 1 N–H and O–H groups in total. The Kier molecular flexibility index (Phi) is 2.13. The molecule has 0 atom stereocenters. The van der Waals surface area contributed by atoms with Crippen molar-refractivity contribution in [3.63, 3.8) is 0 Å². The number of nitrogens with zero attached hydrogens (tertiary/aromatic N) is 1. The molecule has 1 aromatic rings. The summed E-state index contributed by atoms with van der Waals surface area (Å²) in [6, 6.07) is 0. The van der Waals surface area contributed by atoms with Crippen molar-refractivity contribution < 1.29 is 4.42 Å². The van der Waals surface area contributed by atoms with Crippen molar-refractivity contribution in [1.82, 2.24) is 10.3 Å². The number of rotatable bonds is 3. The number of nitrogens with one attached hydrogen (secondary N) is 1. The summed E-state index contributed by atoms with van der Waals surface area (Å²) in [6.07, 6.45) is 3.72. The largest absolute Gasteiger partial charge is 0.449 e. The van der Waals surface area contributed by atoms with Crippen LogP contribution in [-0.4, -0.2) is 18.1 Å². The summed E-state index contributed by atoms with van der Waals surface area (Å²) in [5, 5.41) is 3.23. The Balaban J connectivity index is 1.93. The van der Waals surface area contributed by atoms with Gasteiger partial charge in [-0.25, -0.2) is 4.98 Å². The smallest absolute Gasteiger partial charge is 0.194 e. The summed E-state index contributed by atoms with van der Waals surface area (Å²) in [5.41, 5.74) is 1.07. The molecule has 12 heavy (non-hydrogen) atoms. The van der Waals surface area contributed by atoms with E-state index in [4.69, 9.17) is 4.42 Å². The van der Waals surface area contributed by atoms with Crippen molar-refractivity contribution in [2.75, 3.05) is 13.1 Å². The Bertz CT molecular complexity index is 253. The van der Waals surface area contributed by atoms with Crippen LogP contribution < -0.4 is 5.32 Å². The standard InChI is InChI=1S/C9H14N2O/c1-2-8-6-12-9(11-8)3-7-4-10-5-7/h6-7,10H,2-5H2,1H3. The minimum atomic E-state index is 0.744. The topological polar surface area (TPSA) is 38.1 Å². The number of hydrogen-bond donors (Lipinski definition) is 1. The lowest BCUT2D eigenvalue weighted by atomic mass is 10.00. The van der Waals surface area contributed by atoms with Crippen molar-refractivity contribution >= 4 is 0 Å². The maximum Gasteiger partial charge on any atom is 0.194 e. The van der Waals surface area contributed by atoms with E-state index in [-0.39, 0.29) is 0 Å². The molecule has 2 heterocycles. The van der Waals surface area contributed by atoms with Crippen molar-refractivity contribution in [2.24, 2.45) is 5.92 Å². The number of hydrogen-bond acceptors (Lipinski definition) is 3. The molecule has 0 unspecified atom stereocenters. The van der Waals surface area contributed by atoms with Crippen LogP contribution in [0.5, 0.6) is 0 Å². The summed E-state index contributed by atoms with van der Waals surface area (Å²) in [4.78, 5) is 4.36. The van der Waals surface area contributed by atoms with Gasteiger partial charge in [-0.15, -0.1) is 0 Å². The Hall–Kier alpha value is -0.830. The van der Waals surface area contributed by atoms with Gasteiger partial charge in [0, 0.05) is 6.42 Å². The molecule has 0 spiro atoms. The lowest BCUT2D eigenvalue weighted by Crippen LogP contribution is -2.43. The Morgan fingerprint density at radius 1 is 1.67 bits per heavy atom. The van der Waals surface area contributed by atoms with Gasteiger partial charge in [-0.2, -0.15) is 0 Å². The molecular formula is C9H14N2O. The fourth-order valence-electron chi connectivity index (χ4n) is 1.34. The number of aromatic nitrogens is 1. The maximum atomic E-state index is 5.32. The van der Waals surface area contributed by atoms with E-state index in [1.165, 1.54) is 0 Å². The third kappa shape index (κ3) is 1.50. The fourth-order valence-corrected chi connectivity index (χ4v) is 1.34. The first kappa shape index (κ1) is 7.80. The average molecular weight is 166 g/mol. The van der Waals surface area contributed by atoms with E-state index in [1.807, 2.05) is 0 Å². The van der Waals surface area contributed by atoms with Gasteiger partial charge in [0.1, 0.15) is 6.26 Å². The molecule has 1 fully saturated rings. The van der Waals surface area contributed by atoms with Crippen LogP contribution >= 0.6 is 0 Å². The second kappa shape index (κ2) is 3.27. The van der Waals surface area contributed by atoms with Crippen LogP contribution in [0.2, 0.25) is 0 Å². The highest BCUT2D eigenvalue weighted by molar-refractivity contribution is 4.97. The monoisotopic (exact) mass is 166 g/mol. The third-order valence-corrected chi connectivity index (χ3v) is 2.29. The van der Waals surface area contributed by atoms with Gasteiger partial charge in [-0.3, -0.25) is 0 Å². The zero-order chi connectivity index (χ0) is 8.39. The third-order valence-electron chi connectivity index (χ3n) is 2.29. The normalized spacial score (nSPS) is 17.8. The number of aryl methyl sites for hydroxylation is 1. The predicted octanol–water partition coefficient (Wildman–Crippen LogP) is 0.999. The SMILES string of the molecule is CCc1coc(CC2CNC2)n1. The van der Waals surface area contributed by atoms with Gasteiger partial charge < -0.3 is 9.73 Å². The summed E-state index contributed by atoms with van der Waals surface area (Å²) < 4.78 is 5.32. The minimum absolute atomic E-state index is 0.744. The maximum absolute atomic E-state index is 5.32. The summed E-state index contributed by atoms with van der Waals surface area (Å²) in [7, 11) is 0. The van der Waals surface area contributed by atoms with Gasteiger partial charge >= 0.3 is 0 Å². The van der Waals surface area contributed by atoms with Crippen LogP contribution in [0, 0.1) is 5.92 Å². The van der Waals surface area contributed by atoms with Gasteiger partial charge in [-0.1, -0.05) is 6.92 Å². The molecule has 3 nitrogen and oxygen atoms in total. The molecule has 1 aliphatic rings. The van der Waals surface area contributed by atoms with Crippen LogP contribution in [0.4, 0.5) is 0 Å². The second-order valence-electron chi connectivity index (χ2n) is 3.31. The van der Waals surface area contributed by atoms with Gasteiger partial charge in [0.15, 0.2) is 5.89 Å². The van der Waals surface area contributed by atoms with E-state index in [0.717, 1.165) is 43.4 Å². The highest BCUT2D eigenvalue weighted by Crippen LogP contribution is 2.12. The lowest BCUT2D eigenvalue weighted by molar-refractivity contribution is 0.318. The minimum Gasteiger partial charge on any atom is -0.449 e. The van der Waals surface area contributed by atoms with Crippen LogP contribution in [0.15, 0.2) is 10.7 Å².